The fourth-order valence-electron chi connectivity index (χ4n) is 1.10. The van der Waals surface area contributed by atoms with Gasteiger partial charge < -0.3 is 0 Å². The Morgan fingerprint density at radius 1 is 1.53 bits per heavy atom. The lowest BCUT2D eigenvalue weighted by Crippen LogP contribution is -2.00. The summed E-state index contributed by atoms with van der Waals surface area (Å²) >= 11 is 6.32. The number of aromatic nitrogens is 1. The summed E-state index contributed by atoms with van der Waals surface area (Å²) in [6.45, 7) is 0. The van der Waals surface area contributed by atoms with Gasteiger partial charge in [0.05, 0.1) is 18.2 Å². The van der Waals surface area contributed by atoms with Gasteiger partial charge in [0, 0.05) is 21.6 Å². The Bertz CT molecular complexity index is 402. The van der Waals surface area contributed by atoms with Gasteiger partial charge in [0.2, 0.25) is 0 Å². The number of nitrogens with zero attached hydrogens (tertiary/aromatic N) is 2. The second kappa shape index (κ2) is 5.52. The van der Waals surface area contributed by atoms with E-state index in [1.807, 2.05) is 6.07 Å². The van der Waals surface area contributed by atoms with Crippen LogP contribution < -0.4 is 0 Å². The molecule has 1 aromatic rings. The van der Waals surface area contributed by atoms with E-state index in [1.165, 1.54) is 0 Å². The molecule has 1 heterocycles. The van der Waals surface area contributed by atoms with Crippen molar-refractivity contribution in [3.63, 3.8) is 0 Å². The standard InChI is InChI=1S/C9H6Br2F2N2/c10-3-5-6(9(12)13)4-15-7(1-2-14)8(5)11/h4,9H,1,3H2. The molecule has 0 atom stereocenters. The van der Waals surface area contributed by atoms with Crippen LogP contribution in [0.4, 0.5) is 8.78 Å². The molecule has 6 heteroatoms. The van der Waals surface area contributed by atoms with Crippen LogP contribution in [0.15, 0.2) is 10.7 Å². The van der Waals surface area contributed by atoms with E-state index in [-0.39, 0.29) is 12.0 Å². The Morgan fingerprint density at radius 2 is 2.20 bits per heavy atom. The van der Waals surface area contributed by atoms with Gasteiger partial charge in [-0.3, -0.25) is 4.98 Å². The third kappa shape index (κ3) is 2.73. The van der Waals surface area contributed by atoms with Crippen molar-refractivity contribution in [2.45, 2.75) is 18.2 Å². The highest BCUT2D eigenvalue weighted by atomic mass is 79.9. The molecule has 0 amide bonds. The minimum Gasteiger partial charge on any atom is -0.259 e. The van der Waals surface area contributed by atoms with Crippen molar-refractivity contribution < 1.29 is 8.78 Å². The average Bonchev–Trinajstić information content (AvgIpc) is 2.20. The Morgan fingerprint density at radius 3 is 2.67 bits per heavy atom. The van der Waals surface area contributed by atoms with E-state index in [1.54, 1.807) is 0 Å². The summed E-state index contributed by atoms with van der Waals surface area (Å²) in [5, 5.41) is 8.82. The molecule has 0 bridgehead atoms. The molecule has 0 fully saturated rings. The van der Waals surface area contributed by atoms with Crippen molar-refractivity contribution in [2.24, 2.45) is 0 Å². The molecule has 0 spiro atoms. The molecule has 1 rings (SSSR count). The number of pyridine rings is 1. The Labute approximate surface area is 103 Å². The zero-order valence-electron chi connectivity index (χ0n) is 7.48. The van der Waals surface area contributed by atoms with E-state index in [2.05, 4.69) is 36.8 Å². The highest BCUT2D eigenvalue weighted by Crippen LogP contribution is 2.31. The van der Waals surface area contributed by atoms with Gasteiger partial charge in [-0.1, -0.05) is 15.9 Å². The van der Waals surface area contributed by atoms with Crippen molar-refractivity contribution in [1.29, 1.82) is 5.26 Å². The monoisotopic (exact) mass is 338 g/mol. The van der Waals surface area contributed by atoms with Crippen LogP contribution in [-0.2, 0) is 11.8 Å². The molecule has 2 nitrogen and oxygen atoms in total. The topological polar surface area (TPSA) is 36.7 Å². The number of hydrogen-bond donors (Lipinski definition) is 0. The van der Waals surface area contributed by atoms with Crippen LogP contribution in [0.5, 0.6) is 0 Å². The van der Waals surface area contributed by atoms with Crippen molar-refractivity contribution in [1.82, 2.24) is 4.98 Å². The highest BCUT2D eigenvalue weighted by Gasteiger charge is 2.17. The number of alkyl halides is 3. The lowest BCUT2D eigenvalue weighted by molar-refractivity contribution is 0.150. The molecular weight excluding hydrogens is 334 g/mol. The smallest absolute Gasteiger partial charge is 0.259 e. The molecule has 80 valence electrons. The molecule has 0 unspecified atom stereocenters. The molecular formula is C9H6Br2F2N2. The predicted octanol–water partition coefficient (Wildman–Crippen LogP) is 3.74. The van der Waals surface area contributed by atoms with Gasteiger partial charge in [-0.2, -0.15) is 5.26 Å². The number of halogens is 4. The minimum atomic E-state index is -2.56. The normalized spacial score (nSPS) is 10.4. The Balaban J connectivity index is 3.27. The Hall–Kier alpha value is -0.540. The van der Waals surface area contributed by atoms with Crippen molar-refractivity contribution in [3.8, 4) is 6.07 Å². The van der Waals surface area contributed by atoms with E-state index in [0.29, 0.717) is 21.1 Å². The quantitative estimate of drug-likeness (QED) is 0.786. The maximum Gasteiger partial charge on any atom is 0.265 e. The second-order valence-corrected chi connectivity index (χ2v) is 4.08. The van der Waals surface area contributed by atoms with Crippen molar-refractivity contribution in [2.75, 3.05) is 0 Å². The largest absolute Gasteiger partial charge is 0.265 e. The van der Waals surface area contributed by atoms with Gasteiger partial charge in [0.25, 0.3) is 6.43 Å². The van der Waals surface area contributed by atoms with Crippen LogP contribution in [0.2, 0.25) is 0 Å². The average molecular weight is 340 g/mol. The SMILES string of the molecule is N#CCc1ncc(C(F)F)c(CBr)c1Br. The van der Waals surface area contributed by atoms with E-state index < -0.39 is 6.43 Å². The summed E-state index contributed by atoms with van der Waals surface area (Å²) in [5.74, 6) is 0. The van der Waals surface area contributed by atoms with Crippen LogP contribution in [0.3, 0.4) is 0 Å². The van der Waals surface area contributed by atoms with E-state index in [0.717, 1.165) is 6.20 Å². The second-order valence-electron chi connectivity index (χ2n) is 2.72. The Kier molecular flexibility index (Phi) is 4.61. The summed E-state index contributed by atoms with van der Waals surface area (Å²) in [5.41, 5.74) is 0.821. The van der Waals surface area contributed by atoms with Crippen LogP contribution in [0, 0.1) is 11.3 Å². The minimum absolute atomic E-state index is 0.101. The molecule has 15 heavy (non-hydrogen) atoms. The van der Waals surface area contributed by atoms with E-state index in [4.69, 9.17) is 5.26 Å². The number of rotatable bonds is 3. The zero-order valence-corrected chi connectivity index (χ0v) is 10.6. The number of nitriles is 1. The van der Waals surface area contributed by atoms with Crippen LogP contribution in [0.25, 0.3) is 0 Å². The maximum absolute atomic E-state index is 12.6. The molecule has 0 aliphatic carbocycles. The summed E-state index contributed by atoms with van der Waals surface area (Å²) < 4.78 is 25.6. The summed E-state index contributed by atoms with van der Waals surface area (Å²) in [6, 6.07) is 1.93. The molecule has 0 aromatic carbocycles. The van der Waals surface area contributed by atoms with Gasteiger partial charge in [-0.25, -0.2) is 8.78 Å². The van der Waals surface area contributed by atoms with Gasteiger partial charge in [-0.05, 0) is 21.5 Å². The molecule has 0 N–H and O–H groups in total. The molecule has 0 saturated carbocycles. The summed E-state index contributed by atoms with van der Waals surface area (Å²) in [6.07, 6.45) is -1.33. The lowest BCUT2D eigenvalue weighted by atomic mass is 10.1. The van der Waals surface area contributed by atoms with Crippen LogP contribution in [-0.4, -0.2) is 4.98 Å². The van der Waals surface area contributed by atoms with Crippen molar-refractivity contribution >= 4 is 31.9 Å². The van der Waals surface area contributed by atoms with E-state index in [9.17, 15) is 8.78 Å². The molecule has 0 radical (unpaired) electrons. The first-order valence-corrected chi connectivity index (χ1v) is 5.90. The maximum atomic E-state index is 12.6. The third-order valence-corrected chi connectivity index (χ3v) is 3.34. The highest BCUT2D eigenvalue weighted by molar-refractivity contribution is 9.10. The molecule has 0 saturated heterocycles. The van der Waals surface area contributed by atoms with Crippen molar-refractivity contribution in [3.05, 3.63) is 27.5 Å². The summed E-state index contributed by atoms with van der Waals surface area (Å²) in [7, 11) is 0. The third-order valence-electron chi connectivity index (χ3n) is 1.84. The number of hydrogen-bond acceptors (Lipinski definition) is 2. The fourth-order valence-corrected chi connectivity index (χ4v) is 2.70. The molecule has 0 aliphatic rings. The van der Waals surface area contributed by atoms with Gasteiger partial charge >= 0.3 is 0 Å². The fraction of sp³-hybridized carbons (Fsp3) is 0.333. The van der Waals surface area contributed by atoms with Crippen LogP contribution in [0.1, 0.15) is 23.2 Å². The van der Waals surface area contributed by atoms with Gasteiger partial charge in [0.15, 0.2) is 0 Å². The lowest BCUT2D eigenvalue weighted by Gasteiger charge is -2.10. The summed E-state index contributed by atoms with van der Waals surface area (Å²) in [4.78, 5) is 3.83. The first-order valence-electron chi connectivity index (χ1n) is 3.99. The van der Waals surface area contributed by atoms with Gasteiger partial charge in [-0.15, -0.1) is 0 Å². The van der Waals surface area contributed by atoms with Gasteiger partial charge in [0.1, 0.15) is 0 Å². The first kappa shape index (κ1) is 12.5. The molecule has 1 aromatic heterocycles. The zero-order chi connectivity index (χ0) is 11.4. The van der Waals surface area contributed by atoms with Crippen LogP contribution >= 0.6 is 31.9 Å². The predicted molar refractivity (Wildman–Crippen MR) is 58.8 cm³/mol. The van der Waals surface area contributed by atoms with E-state index >= 15 is 0 Å². The first-order chi connectivity index (χ1) is 7.11. The molecule has 0 aliphatic heterocycles.